The molecule has 0 aromatic heterocycles. The highest BCUT2D eigenvalue weighted by Crippen LogP contribution is 2.20. The number of benzene rings is 2. The number of likely N-dealkylation sites (N-methyl/N-ethyl adjacent to an activating group) is 1. The fourth-order valence-corrected chi connectivity index (χ4v) is 4.61. The van der Waals surface area contributed by atoms with E-state index in [1.807, 2.05) is 62.4 Å². The molecule has 1 N–H and O–H groups in total. The van der Waals surface area contributed by atoms with Gasteiger partial charge in [0, 0.05) is 26.6 Å². The Labute approximate surface area is 191 Å². The van der Waals surface area contributed by atoms with Crippen LogP contribution in [0, 0.1) is 6.92 Å². The van der Waals surface area contributed by atoms with E-state index in [9.17, 15) is 18.0 Å². The molecule has 174 valence electrons. The monoisotopic (exact) mass is 459 g/mol. The summed E-state index contributed by atoms with van der Waals surface area (Å²) >= 11 is 0. The van der Waals surface area contributed by atoms with Crippen molar-refractivity contribution in [3.05, 3.63) is 65.7 Å². The molecule has 2 aromatic carbocycles. The Morgan fingerprint density at radius 1 is 1.06 bits per heavy atom. The van der Waals surface area contributed by atoms with Crippen LogP contribution >= 0.6 is 0 Å². The number of carbonyl (C=O) groups excluding carboxylic acids is 2. The fourth-order valence-electron chi connectivity index (χ4n) is 3.65. The summed E-state index contributed by atoms with van der Waals surface area (Å²) in [5.41, 5.74) is 2.47. The second-order valence-corrected chi connectivity index (χ2v) is 9.73. The SMILES string of the molecule is CC[C@H](C(=O)NC)N(Cc1ccccc1)C(=O)CCCN(c1cccc(C)c1)S(C)(=O)=O. The van der Waals surface area contributed by atoms with Crippen LogP contribution in [0.5, 0.6) is 0 Å². The molecule has 0 aliphatic heterocycles. The van der Waals surface area contributed by atoms with Crippen molar-refractivity contribution < 1.29 is 18.0 Å². The van der Waals surface area contributed by atoms with Crippen molar-refractivity contribution in [2.24, 2.45) is 0 Å². The highest BCUT2D eigenvalue weighted by Gasteiger charge is 2.28. The van der Waals surface area contributed by atoms with Crippen molar-refractivity contribution in [2.75, 3.05) is 24.2 Å². The lowest BCUT2D eigenvalue weighted by atomic mass is 10.1. The fraction of sp³-hybridized carbons (Fsp3) is 0.417. The average molecular weight is 460 g/mol. The maximum absolute atomic E-state index is 13.2. The van der Waals surface area contributed by atoms with Gasteiger partial charge in [-0.1, -0.05) is 49.4 Å². The number of anilines is 1. The van der Waals surface area contributed by atoms with E-state index in [4.69, 9.17) is 0 Å². The highest BCUT2D eigenvalue weighted by atomic mass is 32.2. The van der Waals surface area contributed by atoms with E-state index >= 15 is 0 Å². The maximum atomic E-state index is 13.2. The molecule has 8 heteroatoms. The van der Waals surface area contributed by atoms with Crippen LogP contribution in [0.3, 0.4) is 0 Å². The van der Waals surface area contributed by atoms with Gasteiger partial charge in [0.1, 0.15) is 6.04 Å². The van der Waals surface area contributed by atoms with E-state index in [0.29, 0.717) is 25.1 Å². The molecule has 32 heavy (non-hydrogen) atoms. The van der Waals surface area contributed by atoms with E-state index in [-0.39, 0.29) is 24.8 Å². The Kier molecular flexibility index (Phi) is 9.26. The van der Waals surface area contributed by atoms with Crippen LogP contribution in [0.2, 0.25) is 0 Å². The molecule has 7 nitrogen and oxygen atoms in total. The summed E-state index contributed by atoms with van der Waals surface area (Å²) in [6.07, 6.45) is 2.13. The minimum absolute atomic E-state index is 0.137. The first-order valence-electron chi connectivity index (χ1n) is 10.8. The summed E-state index contributed by atoms with van der Waals surface area (Å²) < 4.78 is 26.0. The van der Waals surface area contributed by atoms with Crippen LogP contribution in [-0.2, 0) is 26.2 Å². The normalized spacial score (nSPS) is 12.1. The summed E-state index contributed by atoms with van der Waals surface area (Å²) in [6, 6.07) is 16.2. The number of nitrogens with zero attached hydrogens (tertiary/aromatic N) is 2. The summed E-state index contributed by atoms with van der Waals surface area (Å²) in [5, 5.41) is 2.64. The van der Waals surface area contributed by atoms with Crippen LogP contribution in [0.15, 0.2) is 54.6 Å². The second kappa shape index (κ2) is 11.7. The third-order valence-corrected chi connectivity index (χ3v) is 6.46. The third kappa shape index (κ3) is 7.09. The molecule has 2 aromatic rings. The Balaban J connectivity index is 2.16. The lowest BCUT2D eigenvalue weighted by Crippen LogP contribution is -2.48. The van der Waals surface area contributed by atoms with Crippen molar-refractivity contribution in [3.63, 3.8) is 0 Å². The van der Waals surface area contributed by atoms with Gasteiger partial charge in [-0.05, 0) is 43.0 Å². The molecule has 0 fully saturated rings. The lowest BCUT2D eigenvalue weighted by Gasteiger charge is -2.30. The average Bonchev–Trinajstić information content (AvgIpc) is 2.76. The van der Waals surface area contributed by atoms with E-state index in [2.05, 4.69) is 5.32 Å². The first-order valence-corrected chi connectivity index (χ1v) is 12.6. The number of hydrogen-bond acceptors (Lipinski definition) is 4. The molecular weight excluding hydrogens is 426 g/mol. The first-order chi connectivity index (χ1) is 15.2. The van der Waals surface area contributed by atoms with Crippen LogP contribution in [0.4, 0.5) is 5.69 Å². The van der Waals surface area contributed by atoms with E-state index < -0.39 is 16.1 Å². The third-order valence-electron chi connectivity index (χ3n) is 5.27. The molecule has 0 heterocycles. The zero-order valence-corrected chi connectivity index (χ0v) is 20.1. The van der Waals surface area contributed by atoms with Crippen LogP contribution in [0.1, 0.15) is 37.3 Å². The number of nitrogens with one attached hydrogen (secondary N) is 1. The van der Waals surface area contributed by atoms with E-state index in [1.54, 1.807) is 18.0 Å². The molecular formula is C24H33N3O4S. The molecule has 0 bridgehead atoms. The zero-order valence-electron chi connectivity index (χ0n) is 19.2. The predicted molar refractivity (Wildman–Crippen MR) is 128 cm³/mol. The molecule has 0 saturated heterocycles. The molecule has 0 aliphatic rings. The Morgan fingerprint density at radius 2 is 1.75 bits per heavy atom. The van der Waals surface area contributed by atoms with Gasteiger partial charge in [-0.15, -0.1) is 0 Å². The lowest BCUT2D eigenvalue weighted by molar-refractivity contribution is -0.141. The summed E-state index contributed by atoms with van der Waals surface area (Å²) in [7, 11) is -1.94. The van der Waals surface area contributed by atoms with Gasteiger partial charge in [-0.25, -0.2) is 8.42 Å². The van der Waals surface area contributed by atoms with Crippen LogP contribution in [-0.4, -0.2) is 51.0 Å². The number of aryl methyl sites for hydroxylation is 1. The zero-order chi connectivity index (χ0) is 23.7. The van der Waals surface area contributed by atoms with Crippen molar-refractivity contribution in [1.82, 2.24) is 10.2 Å². The quantitative estimate of drug-likeness (QED) is 0.559. The van der Waals surface area contributed by atoms with Gasteiger partial charge in [-0.3, -0.25) is 13.9 Å². The molecule has 2 rings (SSSR count). The highest BCUT2D eigenvalue weighted by molar-refractivity contribution is 7.92. The van der Waals surface area contributed by atoms with Gasteiger partial charge in [0.2, 0.25) is 21.8 Å². The number of rotatable bonds is 11. The van der Waals surface area contributed by atoms with Crippen molar-refractivity contribution >= 4 is 27.5 Å². The Hall–Kier alpha value is -2.87. The summed E-state index contributed by atoms with van der Waals surface area (Å²) in [6.45, 7) is 4.27. The number of carbonyl (C=O) groups is 2. The standard InChI is InChI=1S/C24H33N3O4S/c1-5-22(24(29)25-3)26(18-20-12-7-6-8-13-20)23(28)15-10-16-27(32(4,30)31)21-14-9-11-19(2)17-21/h6-9,11-14,17,22H,5,10,15-16,18H2,1-4H3,(H,25,29)/t22-/m1/s1. The number of hydrogen-bond donors (Lipinski definition) is 1. The van der Waals surface area contributed by atoms with Crippen molar-refractivity contribution in [2.45, 2.75) is 45.7 Å². The molecule has 1 atom stereocenters. The van der Waals surface area contributed by atoms with E-state index in [1.165, 1.54) is 4.31 Å². The van der Waals surface area contributed by atoms with Gasteiger partial charge in [0.05, 0.1) is 11.9 Å². The summed E-state index contributed by atoms with van der Waals surface area (Å²) in [5.74, 6) is -0.392. The first kappa shape index (κ1) is 25.4. The van der Waals surface area contributed by atoms with Gasteiger partial charge >= 0.3 is 0 Å². The molecule has 0 unspecified atom stereocenters. The van der Waals surface area contributed by atoms with Crippen molar-refractivity contribution in [1.29, 1.82) is 0 Å². The van der Waals surface area contributed by atoms with Crippen LogP contribution in [0.25, 0.3) is 0 Å². The van der Waals surface area contributed by atoms with Crippen molar-refractivity contribution in [3.8, 4) is 0 Å². The Bertz CT molecular complexity index is 1010. The predicted octanol–water partition coefficient (Wildman–Crippen LogP) is 3.09. The van der Waals surface area contributed by atoms with E-state index in [0.717, 1.165) is 17.4 Å². The van der Waals surface area contributed by atoms with Gasteiger partial charge in [0.15, 0.2) is 0 Å². The Morgan fingerprint density at radius 3 is 2.31 bits per heavy atom. The minimum atomic E-state index is -3.50. The molecule has 2 amide bonds. The smallest absolute Gasteiger partial charge is 0.242 e. The molecule has 0 aliphatic carbocycles. The molecule has 0 saturated carbocycles. The van der Waals surface area contributed by atoms with Crippen LogP contribution < -0.4 is 9.62 Å². The largest absolute Gasteiger partial charge is 0.357 e. The van der Waals surface area contributed by atoms with Gasteiger partial charge in [-0.2, -0.15) is 0 Å². The number of amides is 2. The number of sulfonamides is 1. The van der Waals surface area contributed by atoms with Gasteiger partial charge in [0.25, 0.3) is 0 Å². The second-order valence-electron chi connectivity index (χ2n) is 7.82. The molecule has 0 radical (unpaired) electrons. The maximum Gasteiger partial charge on any atom is 0.242 e. The molecule has 0 spiro atoms. The van der Waals surface area contributed by atoms with Gasteiger partial charge < -0.3 is 10.2 Å². The topological polar surface area (TPSA) is 86.8 Å². The summed E-state index contributed by atoms with van der Waals surface area (Å²) in [4.78, 5) is 27.2. The minimum Gasteiger partial charge on any atom is -0.357 e.